The third kappa shape index (κ3) is 5.01. The minimum absolute atomic E-state index is 0.00554. The smallest absolute Gasteiger partial charge is 0.243 e. The van der Waals surface area contributed by atoms with Gasteiger partial charge in [0.05, 0.1) is 17.1 Å². The summed E-state index contributed by atoms with van der Waals surface area (Å²) in [6.45, 7) is 0.649. The molecule has 1 saturated carbocycles. The number of aryl methyl sites for hydroxylation is 1. The Morgan fingerprint density at radius 3 is 2.53 bits per heavy atom. The number of nitrogens with one attached hydrogen (secondary N) is 2. The van der Waals surface area contributed by atoms with Gasteiger partial charge in [-0.3, -0.25) is 9.59 Å². The zero-order valence-corrected chi connectivity index (χ0v) is 19.7. The molecule has 6 nitrogen and oxygen atoms in total. The largest absolute Gasteiger partial charge is 0.347 e. The van der Waals surface area contributed by atoms with Crippen molar-refractivity contribution in [3.8, 4) is 0 Å². The van der Waals surface area contributed by atoms with Gasteiger partial charge in [-0.25, -0.2) is 4.98 Å². The summed E-state index contributed by atoms with van der Waals surface area (Å²) in [5.74, 6) is 1.30. The average molecular weight is 459 g/mol. The summed E-state index contributed by atoms with van der Waals surface area (Å²) in [5.41, 5.74) is 3.07. The van der Waals surface area contributed by atoms with Crippen molar-refractivity contribution in [3.05, 3.63) is 66.0 Å². The van der Waals surface area contributed by atoms with Crippen molar-refractivity contribution >= 4 is 22.8 Å². The lowest BCUT2D eigenvalue weighted by molar-refractivity contribution is -0.139. The first kappa shape index (κ1) is 22.6. The minimum Gasteiger partial charge on any atom is -0.347 e. The second kappa shape index (κ2) is 10.4. The number of imidazole rings is 1. The maximum atomic E-state index is 13.5. The summed E-state index contributed by atoms with van der Waals surface area (Å²) in [7, 11) is 0. The summed E-state index contributed by atoms with van der Waals surface area (Å²) in [5, 5.41) is 3.37. The van der Waals surface area contributed by atoms with Crippen molar-refractivity contribution in [1.29, 1.82) is 0 Å². The molecule has 2 aromatic carbocycles. The van der Waals surface area contributed by atoms with E-state index >= 15 is 0 Å². The van der Waals surface area contributed by atoms with Gasteiger partial charge < -0.3 is 15.2 Å². The van der Waals surface area contributed by atoms with Crippen LogP contribution in [0.25, 0.3) is 11.0 Å². The lowest BCUT2D eigenvalue weighted by Crippen LogP contribution is -2.48. The van der Waals surface area contributed by atoms with Crippen molar-refractivity contribution in [3.63, 3.8) is 0 Å². The van der Waals surface area contributed by atoms with Crippen molar-refractivity contribution in [2.24, 2.45) is 5.92 Å². The van der Waals surface area contributed by atoms with Crippen LogP contribution >= 0.6 is 0 Å². The van der Waals surface area contributed by atoms with E-state index in [2.05, 4.69) is 27.4 Å². The molecule has 0 radical (unpaired) electrons. The molecule has 6 heteroatoms. The number of nitrogens with zero attached hydrogens (tertiary/aromatic N) is 2. The van der Waals surface area contributed by atoms with Crippen molar-refractivity contribution in [2.45, 2.75) is 69.9 Å². The molecule has 0 spiro atoms. The molecule has 1 aliphatic heterocycles. The zero-order chi connectivity index (χ0) is 23.3. The monoisotopic (exact) mass is 458 g/mol. The van der Waals surface area contributed by atoms with Gasteiger partial charge in [0.15, 0.2) is 0 Å². The number of fused-ring (bicyclic) bond motifs is 1. The maximum Gasteiger partial charge on any atom is 0.243 e. The molecule has 2 N–H and O–H groups in total. The molecule has 2 amide bonds. The Morgan fingerprint density at radius 2 is 1.74 bits per heavy atom. The average Bonchev–Trinajstić information content (AvgIpc) is 3.54. The minimum atomic E-state index is -0.377. The van der Waals surface area contributed by atoms with E-state index in [1.807, 2.05) is 42.5 Å². The summed E-state index contributed by atoms with van der Waals surface area (Å²) >= 11 is 0. The van der Waals surface area contributed by atoms with Gasteiger partial charge in [-0.05, 0) is 49.3 Å². The summed E-state index contributed by atoms with van der Waals surface area (Å²) < 4.78 is 0. The Balaban J connectivity index is 1.24. The van der Waals surface area contributed by atoms with Crippen LogP contribution in [0.15, 0.2) is 54.6 Å². The molecule has 178 valence electrons. The Hall–Kier alpha value is -3.15. The van der Waals surface area contributed by atoms with Crippen LogP contribution < -0.4 is 5.32 Å². The van der Waals surface area contributed by atoms with Crippen LogP contribution in [0.5, 0.6) is 0 Å². The Morgan fingerprint density at radius 1 is 0.971 bits per heavy atom. The summed E-state index contributed by atoms with van der Waals surface area (Å²) in [6.07, 6.45) is 8.51. The van der Waals surface area contributed by atoms with E-state index in [0.29, 0.717) is 25.3 Å². The van der Waals surface area contributed by atoms with Gasteiger partial charge in [0.2, 0.25) is 11.8 Å². The lowest BCUT2D eigenvalue weighted by Gasteiger charge is -2.33. The SMILES string of the molecule is O=C(NC(c1ccccc1)C1CCCCC1)[C@@H]1CCCN1C(=O)CCc1nc2ccccc2[nH]1. The van der Waals surface area contributed by atoms with Crippen LogP contribution in [0.3, 0.4) is 0 Å². The van der Waals surface area contributed by atoms with E-state index in [4.69, 9.17) is 0 Å². The molecule has 5 rings (SSSR count). The van der Waals surface area contributed by atoms with E-state index in [-0.39, 0.29) is 23.9 Å². The first-order chi connectivity index (χ1) is 16.7. The quantitative estimate of drug-likeness (QED) is 0.527. The van der Waals surface area contributed by atoms with Gasteiger partial charge in [-0.2, -0.15) is 0 Å². The van der Waals surface area contributed by atoms with E-state index < -0.39 is 0 Å². The molecule has 3 aromatic rings. The number of benzene rings is 2. The first-order valence-corrected chi connectivity index (χ1v) is 12.8. The molecule has 1 saturated heterocycles. The first-order valence-electron chi connectivity index (χ1n) is 12.8. The fourth-order valence-corrected chi connectivity index (χ4v) is 5.68. The highest BCUT2D eigenvalue weighted by molar-refractivity contribution is 5.88. The molecule has 1 aromatic heterocycles. The lowest BCUT2D eigenvalue weighted by atomic mass is 9.81. The van der Waals surface area contributed by atoms with Crippen LogP contribution in [-0.2, 0) is 16.0 Å². The number of rotatable bonds is 7. The molecule has 2 atom stereocenters. The number of H-pyrrole nitrogens is 1. The number of amides is 2. The summed E-state index contributed by atoms with van der Waals surface area (Å²) in [6, 6.07) is 17.9. The number of aromatic amines is 1. The van der Waals surface area contributed by atoms with E-state index in [0.717, 1.165) is 42.5 Å². The number of hydrogen-bond donors (Lipinski definition) is 2. The van der Waals surface area contributed by atoms with Gasteiger partial charge in [0.1, 0.15) is 11.9 Å². The van der Waals surface area contributed by atoms with Gasteiger partial charge >= 0.3 is 0 Å². The number of aromatic nitrogens is 2. The fourth-order valence-electron chi connectivity index (χ4n) is 5.68. The molecule has 34 heavy (non-hydrogen) atoms. The molecular weight excluding hydrogens is 424 g/mol. The predicted molar refractivity (Wildman–Crippen MR) is 133 cm³/mol. The van der Waals surface area contributed by atoms with Gasteiger partial charge in [-0.1, -0.05) is 61.7 Å². The Labute approximate surface area is 201 Å². The van der Waals surface area contributed by atoms with E-state index in [1.54, 1.807) is 4.90 Å². The molecule has 1 unspecified atom stereocenters. The van der Waals surface area contributed by atoms with Crippen LogP contribution in [0.4, 0.5) is 0 Å². The van der Waals surface area contributed by atoms with Gasteiger partial charge in [-0.15, -0.1) is 0 Å². The zero-order valence-electron chi connectivity index (χ0n) is 19.7. The van der Waals surface area contributed by atoms with Crippen molar-refractivity contribution in [2.75, 3.05) is 6.54 Å². The van der Waals surface area contributed by atoms with E-state index in [9.17, 15) is 9.59 Å². The van der Waals surface area contributed by atoms with Crippen molar-refractivity contribution in [1.82, 2.24) is 20.2 Å². The third-order valence-electron chi connectivity index (χ3n) is 7.47. The molecule has 2 fully saturated rings. The number of hydrogen-bond acceptors (Lipinski definition) is 3. The fraction of sp³-hybridized carbons (Fsp3) is 0.464. The highest BCUT2D eigenvalue weighted by Crippen LogP contribution is 2.35. The summed E-state index contributed by atoms with van der Waals surface area (Å²) in [4.78, 5) is 36.2. The molecule has 2 heterocycles. The van der Waals surface area contributed by atoms with Gasteiger partial charge in [0, 0.05) is 19.4 Å². The molecular formula is C28H34N4O2. The molecule has 2 aliphatic rings. The van der Waals surface area contributed by atoms with Crippen LogP contribution in [0, 0.1) is 5.92 Å². The van der Waals surface area contributed by atoms with E-state index in [1.165, 1.54) is 24.8 Å². The Kier molecular flexibility index (Phi) is 6.93. The second-order valence-corrected chi connectivity index (χ2v) is 9.74. The van der Waals surface area contributed by atoms with Crippen LogP contribution in [0.1, 0.15) is 68.8 Å². The topological polar surface area (TPSA) is 78.1 Å². The Bertz CT molecular complexity index is 1090. The molecule has 0 bridgehead atoms. The number of carbonyl (C=O) groups excluding carboxylic acids is 2. The third-order valence-corrected chi connectivity index (χ3v) is 7.47. The second-order valence-electron chi connectivity index (χ2n) is 9.74. The normalized spacial score (nSPS) is 19.9. The number of likely N-dealkylation sites (tertiary alicyclic amines) is 1. The van der Waals surface area contributed by atoms with Crippen molar-refractivity contribution < 1.29 is 9.59 Å². The number of carbonyl (C=O) groups is 2. The highest BCUT2D eigenvalue weighted by atomic mass is 16.2. The maximum absolute atomic E-state index is 13.5. The highest BCUT2D eigenvalue weighted by Gasteiger charge is 2.36. The number of para-hydroxylation sites is 2. The van der Waals surface area contributed by atoms with Gasteiger partial charge in [0.25, 0.3) is 0 Å². The van der Waals surface area contributed by atoms with Crippen LogP contribution in [-0.4, -0.2) is 39.3 Å². The molecule has 1 aliphatic carbocycles. The predicted octanol–water partition coefficient (Wildman–Crippen LogP) is 4.92. The standard InChI is InChI=1S/C28H34N4O2/c33-26(18-17-25-29-22-14-7-8-15-23(22)30-25)32-19-9-16-24(32)28(34)31-27(20-10-3-1-4-11-20)21-12-5-2-6-13-21/h1,3-4,7-8,10-11,14-15,21,24,27H,2,5-6,9,12-13,16-19H2,(H,29,30)(H,31,34)/t24-,27?/m0/s1. The van der Waals surface area contributed by atoms with Crippen LogP contribution in [0.2, 0.25) is 0 Å².